The van der Waals surface area contributed by atoms with Gasteiger partial charge in [0.05, 0.1) is 0 Å². The summed E-state index contributed by atoms with van der Waals surface area (Å²) in [4.78, 5) is 3.42. The van der Waals surface area contributed by atoms with Crippen LogP contribution in [0.2, 0.25) is 0 Å². The number of aromatic nitrogens is 1. The van der Waals surface area contributed by atoms with Crippen LogP contribution in [0.25, 0.3) is 10.9 Å². The minimum atomic E-state index is 0.917. The highest BCUT2D eigenvalue weighted by molar-refractivity contribution is 5.80. The number of para-hydroxylation sites is 1. The van der Waals surface area contributed by atoms with Crippen molar-refractivity contribution < 1.29 is 0 Å². The van der Waals surface area contributed by atoms with E-state index in [1.54, 1.807) is 0 Å². The molecular formula is C14H21N3. The standard InChI is InChI=1S/C14H21N3/c1-2-15-8-5-9-16-11-13-10-12-6-3-4-7-14(12)17-13/h3-4,6-7,10,15-17H,2,5,8-9,11H2,1H3. The molecule has 0 atom stereocenters. The van der Waals surface area contributed by atoms with Gasteiger partial charge in [-0.25, -0.2) is 0 Å². The first kappa shape index (κ1) is 12.1. The van der Waals surface area contributed by atoms with E-state index in [1.807, 2.05) is 0 Å². The van der Waals surface area contributed by atoms with Gasteiger partial charge >= 0.3 is 0 Å². The summed E-state index contributed by atoms with van der Waals surface area (Å²) < 4.78 is 0. The van der Waals surface area contributed by atoms with Crippen molar-refractivity contribution in [1.29, 1.82) is 0 Å². The van der Waals surface area contributed by atoms with Crippen molar-refractivity contribution in [2.24, 2.45) is 0 Å². The van der Waals surface area contributed by atoms with E-state index >= 15 is 0 Å². The molecule has 1 aromatic heterocycles. The van der Waals surface area contributed by atoms with Gasteiger partial charge in [0.25, 0.3) is 0 Å². The Balaban J connectivity index is 1.75. The van der Waals surface area contributed by atoms with Crippen molar-refractivity contribution in [3.8, 4) is 0 Å². The van der Waals surface area contributed by atoms with Crippen LogP contribution in [0.15, 0.2) is 30.3 Å². The Morgan fingerprint density at radius 3 is 2.76 bits per heavy atom. The van der Waals surface area contributed by atoms with Crippen LogP contribution in [-0.2, 0) is 6.54 Å². The number of aromatic amines is 1. The van der Waals surface area contributed by atoms with Crippen molar-refractivity contribution in [2.75, 3.05) is 19.6 Å². The minimum Gasteiger partial charge on any atom is -0.357 e. The van der Waals surface area contributed by atoms with Gasteiger partial charge in [0.1, 0.15) is 0 Å². The lowest BCUT2D eigenvalue weighted by molar-refractivity contribution is 0.603. The number of hydrogen-bond acceptors (Lipinski definition) is 2. The third-order valence-electron chi connectivity index (χ3n) is 2.86. The van der Waals surface area contributed by atoms with E-state index in [9.17, 15) is 0 Å². The normalized spacial score (nSPS) is 11.1. The molecule has 0 saturated heterocycles. The molecule has 17 heavy (non-hydrogen) atoms. The predicted molar refractivity (Wildman–Crippen MR) is 73.2 cm³/mol. The predicted octanol–water partition coefficient (Wildman–Crippen LogP) is 2.26. The molecular weight excluding hydrogens is 210 g/mol. The molecule has 0 bridgehead atoms. The summed E-state index contributed by atoms with van der Waals surface area (Å²) in [5.41, 5.74) is 2.48. The van der Waals surface area contributed by atoms with Crippen molar-refractivity contribution in [1.82, 2.24) is 15.6 Å². The average Bonchev–Trinajstić information content (AvgIpc) is 2.76. The van der Waals surface area contributed by atoms with Gasteiger partial charge in [-0.2, -0.15) is 0 Å². The molecule has 0 fully saturated rings. The van der Waals surface area contributed by atoms with E-state index in [0.29, 0.717) is 0 Å². The number of fused-ring (bicyclic) bond motifs is 1. The third kappa shape index (κ3) is 3.58. The number of hydrogen-bond donors (Lipinski definition) is 3. The maximum atomic E-state index is 3.45. The van der Waals surface area contributed by atoms with E-state index in [-0.39, 0.29) is 0 Å². The van der Waals surface area contributed by atoms with E-state index in [4.69, 9.17) is 0 Å². The highest BCUT2D eigenvalue weighted by Gasteiger charge is 1.98. The van der Waals surface area contributed by atoms with Crippen LogP contribution in [0.3, 0.4) is 0 Å². The summed E-state index contributed by atoms with van der Waals surface area (Å²) in [6.07, 6.45) is 1.17. The number of H-pyrrole nitrogens is 1. The molecule has 2 aromatic rings. The van der Waals surface area contributed by atoms with E-state index < -0.39 is 0 Å². The topological polar surface area (TPSA) is 39.8 Å². The Morgan fingerprint density at radius 2 is 1.94 bits per heavy atom. The second-order valence-electron chi connectivity index (χ2n) is 4.27. The van der Waals surface area contributed by atoms with E-state index in [0.717, 1.165) is 26.2 Å². The van der Waals surface area contributed by atoms with E-state index in [1.165, 1.54) is 23.0 Å². The molecule has 0 spiro atoms. The molecule has 1 aromatic carbocycles. The molecule has 1 heterocycles. The molecule has 2 rings (SSSR count). The van der Waals surface area contributed by atoms with Gasteiger partial charge in [0.15, 0.2) is 0 Å². The van der Waals surface area contributed by atoms with Crippen molar-refractivity contribution in [2.45, 2.75) is 19.9 Å². The van der Waals surface area contributed by atoms with Gasteiger partial charge in [0.2, 0.25) is 0 Å². The molecule has 3 nitrogen and oxygen atoms in total. The summed E-state index contributed by atoms with van der Waals surface area (Å²) in [5.74, 6) is 0. The van der Waals surface area contributed by atoms with Crippen molar-refractivity contribution in [3.05, 3.63) is 36.0 Å². The average molecular weight is 231 g/mol. The van der Waals surface area contributed by atoms with Gasteiger partial charge < -0.3 is 15.6 Å². The van der Waals surface area contributed by atoms with Crippen molar-refractivity contribution in [3.63, 3.8) is 0 Å². The molecule has 92 valence electrons. The molecule has 0 radical (unpaired) electrons. The first-order valence-corrected chi connectivity index (χ1v) is 6.38. The van der Waals surface area contributed by atoms with Gasteiger partial charge in [-0.15, -0.1) is 0 Å². The lowest BCUT2D eigenvalue weighted by atomic mass is 10.2. The molecule has 0 aliphatic heterocycles. The Kier molecular flexibility index (Phi) is 4.59. The van der Waals surface area contributed by atoms with Gasteiger partial charge in [-0.3, -0.25) is 0 Å². The van der Waals surface area contributed by atoms with Gasteiger partial charge in [-0.05, 0) is 43.6 Å². The fraction of sp³-hybridized carbons (Fsp3) is 0.429. The monoisotopic (exact) mass is 231 g/mol. The van der Waals surface area contributed by atoms with Crippen LogP contribution in [0.4, 0.5) is 0 Å². The zero-order valence-electron chi connectivity index (χ0n) is 10.4. The summed E-state index contributed by atoms with van der Waals surface area (Å²) in [6.45, 7) is 6.26. The highest BCUT2D eigenvalue weighted by Crippen LogP contribution is 2.14. The first-order chi connectivity index (χ1) is 8.40. The van der Waals surface area contributed by atoms with Crippen LogP contribution < -0.4 is 10.6 Å². The lowest BCUT2D eigenvalue weighted by Gasteiger charge is -2.03. The van der Waals surface area contributed by atoms with Gasteiger partial charge in [-0.1, -0.05) is 25.1 Å². The molecule has 0 unspecified atom stereocenters. The molecule has 3 heteroatoms. The first-order valence-electron chi connectivity index (χ1n) is 6.38. The SMILES string of the molecule is CCNCCCNCc1cc2ccccc2[nH]1. The maximum absolute atomic E-state index is 3.45. The molecule has 3 N–H and O–H groups in total. The highest BCUT2D eigenvalue weighted by atomic mass is 14.9. The Labute approximate surface area is 103 Å². The second kappa shape index (κ2) is 6.42. The molecule has 0 aliphatic carbocycles. The number of nitrogens with one attached hydrogen (secondary N) is 3. The maximum Gasteiger partial charge on any atom is 0.0456 e. The van der Waals surface area contributed by atoms with Crippen LogP contribution >= 0.6 is 0 Å². The smallest absolute Gasteiger partial charge is 0.0456 e. The Morgan fingerprint density at radius 1 is 1.12 bits per heavy atom. The fourth-order valence-electron chi connectivity index (χ4n) is 1.97. The third-order valence-corrected chi connectivity index (χ3v) is 2.86. The minimum absolute atomic E-state index is 0.917. The van der Waals surface area contributed by atoms with Crippen LogP contribution in [0.1, 0.15) is 19.0 Å². The Hall–Kier alpha value is -1.32. The summed E-state index contributed by atoms with van der Waals surface area (Å²) in [5, 5.41) is 8.06. The number of benzene rings is 1. The van der Waals surface area contributed by atoms with Crippen LogP contribution in [0, 0.1) is 0 Å². The molecule has 0 saturated carbocycles. The largest absolute Gasteiger partial charge is 0.357 e. The van der Waals surface area contributed by atoms with Crippen molar-refractivity contribution >= 4 is 10.9 Å². The molecule has 0 aliphatic rings. The Bertz CT molecular complexity index is 414. The number of rotatable bonds is 7. The molecule has 0 amide bonds. The lowest BCUT2D eigenvalue weighted by Crippen LogP contribution is -2.21. The van der Waals surface area contributed by atoms with Crippen LogP contribution in [0.5, 0.6) is 0 Å². The summed E-state index contributed by atoms with van der Waals surface area (Å²) >= 11 is 0. The second-order valence-corrected chi connectivity index (χ2v) is 4.27. The summed E-state index contributed by atoms with van der Waals surface area (Å²) in [7, 11) is 0. The zero-order chi connectivity index (χ0) is 11.9. The van der Waals surface area contributed by atoms with E-state index in [2.05, 4.69) is 52.9 Å². The zero-order valence-corrected chi connectivity index (χ0v) is 10.4. The van der Waals surface area contributed by atoms with Gasteiger partial charge in [0, 0.05) is 17.8 Å². The quantitative estimate of drug-likeness (QED) is 0.640. The van der Waals surface area contributed by atoms with Crippen LogP contribution in [-0.4, -0.2) is 24.6 Å². The summed E-state index contributed by atoms with van der Waals surface area (Å²) in [6, 6.07) is 10.6. The fourth-order valence-corrected chi connectivity index (χ4v) is 1.97.